The molecule has 18 heavy (non-hydrogen) atoms. The van der Waals surface area contributed by atoms with Gasteiger partial charge in [-0.1, -0.05) is 26.8 Å². The Morgan fingerprint density at radius 1 is 1.28 bits per heavy atom. The third-order valence-electron chi connectivity index (χ3n) is 2.91. The quantitative estimate of drug-likeness (QED) is 0.867. The maximum Gasteiger partial charge on any atom is 0.165 e. The van der Waals surface area contributed by atoms with Crippen molar-refractivity contribution in [2.45, 2.75) is 39.4 Å². The normalized spacial score (nSPS) is 15.3. The van der Waals surface area contributed by atoms with Crippen molar-refractivity contribution < 1.29 is 19.3 Å². The van der Waals surface area contributed by atoms with Gasteiger partial charge in [-0.25, -0.2) is 4.39 Å². The number of aliphatic hydroxyl groups is 2. The van der Waals surface area contributed by atoms with Gasteiger partial charge in [0.1, 0.15) is 0 Å². The number of rotatable bonds is 4. The summed E-state index contributed by atoms with van der Waals surface area (Å²) in [4.78, 5) is 0. The van der Waals surface area contributed by atoms with Crippen LogP contribution in [-0.2, 0) is 6.42 Å². The number of hydrogen-bond acceptors (Lipinski definition) is 3. The lowest BCUT2D eigenvalue weighted by atomic mass is 9.84. The van der Waals surface area contributed by atoms with E-state index in [0.717, 1.165) is 0 Å². The summed E-state index contributed by atoms with van der Waals surface area (Å²) in [5.41, 5.74) is 0.217. The highest BCUT2D eigenvalue weighted by atomic mass is 19.1. The van der Waals surface area contributed by atoms with E-state index in [4.69, 9.17) is 4.74 Å². The van der Waals surface area contributed by atoms with Gasteiger partial charge in [0.15, 0.2) is 11.6 Å². The van der Waals surface area contributed by atoms with Crippen LogP contribution < -0.4 is 4.74 Å². The summed E-state index contributed by atoms with van der Waals surface area (Å²) in [7, 11) is 1.40. The lowest BCUT2D eigenvalue weighted by Crippen LogP contribution is -2.38. The second-order valence-corrected chi connectivity index (χ2v) is 5.55. The van der Waals surface area contributed by atoms with Crippen LogP contribution in [-0.4, -0.2) is 29.5 Å². The first-order chi connectivity index (χ1) is 8.25. The number of ether oxygens (including phenoxy) is 1. The van der Waals surface area contributed by atoms with Crippen LogP contribution in [0.25, 0.3) is 0 Å². The molecule has 0 bridgehead atoms. The lowest BCUT2D eigenvalue weighted by molar-refractivity contribution is -0.0434. The molecule has 0 saturated heterocycles. The molecule has 0 aliphatic heterocycles. The van der Waals surface area contributed by atoms with Crippen LogP contribution >= 0.6 is 0 Å². The van der Waals surface area contributed by atoms with Crippen molar-refractivity contribution in [2.75, 3.05) is 7.11 Å². The van der Waals surface area contributed by atoms with Gasteiger partial charge in [0.05, 0.1) is 19.3 Å². The van der Waals surface area contributed by atoms with Crippen LogP contribution in [0.4, 0.5) is 4.39 Å². The van der Waals surface area contributed by atoms with Crippen LogP contribution in [0.5, 0.6) is 5.75 Å². The van der Waals surface area contributed by atoms with Crippen LogP contribution in [0.15, 0.2) is 18.2 Å². The molecule has 0 heterocycles. The second kappa shape index (κ2) is 5.67. The predicted octanol–water partition coefficient (Wildman–Crippen LogP) is 2.14. The Kier molecular flexibility index (Phi) is 4.71. The SMILES string of the molecule is COc1ccc(CC(O)C(O)C(C)(C)C)cc1F. The minimum Gasteiger partial charge on any atom is -0.494 e. The molecular weight excluding hydrogens is 235 g/mol. The van der Waals surface area contributed by atoms with Gasteiger partial charge in [-0.3, -0.25) is 0 Å². The Morgan fingerprint density at radius 3 is 2.33 bits per heavy atom. The summed E-state index contributed by atoms with van der Waals surface area (Å²) in [6.07, 6.45) is -1.57. The Morgan fingerprint density at radius 2 is 1.89 bits per heavy atom. The zero-order valence-electron chi connectivity index (χ0n) is 11.3. The monoisotopic (exact) mass is 256 g/mol. The number of benzene rings is 1. The van der Waals surface area contributed by atoms with Gasteiger partial charge in [-0.2, -0.15) is 0 Å². The van der Waals surface area contributed by atoms with Crippen molar-refractivity contribution in [1.29, 1.82) is 0 Å². The fraction of sp³-hybridized carbons (Fsp3) is 0.571. The van der Waals surface area contributed by atoms with Crippen molar-refractivity contribution >= 4 is 0 Å². The van der Waals surface area contributed by atoms with Crippen LogP contribution in [0, 0.1) is 11.2 Å². The van der Waals surface area contributed by atoms with Gasteiger partial charge in [-0.05, 0) is 23.1 Å². The average Bonchev–Trinajstić information content (AvgIpc) is 2.27. The lowest BCUT2D eigenvalue weighted by Gasteiger charge is -2.30. The van der Waals surface area contributed by atoms with E-state index < -0.39 is 23.4 Å². The van der Waals surface area contributed by atoms with E-state index in [0.29, 0.717) is 5.56 Å². The second-order valence-electron chi connectivity index (χ2n) is 5.55. The van der Waals surface area contributed by atoms with Crippen LogP contribution in [0.3, 0.4) is 0 Å². The summed E-state index contributed by atoms with van der Waals surface area (Å²) < 4.78 is 18.3. The third-order valence-corrected chi connectivity index (χ3v) is 2.91. The molecule has 1 aromatic rings. The number of hydrogen-bond donors (Lipinski definition) is 2. The predicted molar refractivity (Wildman–Crippen MR) is 68.1 cm³/mol. The Balaban J connectivity index is 2.76. The maximum atomic E-state index is 13.5. The third kappa shape index (κ3) is 3.68. The summed E-state index contributed by atoms with van der Waals surface area (Å²) in [6, 6.07) is 4.51. The Hall–Kier alpha value is -1.13. The van der Waals surface area contributed by atoms with E-state index in [-0.39, 0.29) is 12.2 Å². The molecule has 0 spiro atoms. The number of halogens is 1. The largest absolute Gasteiger partial charge is 0.494 e. The van der Waals surface area contributed by atoms with Crippen molar-refractivity contribution in [2.24, 2.45) is 5.41 Å². The molecule has 0 aromatic heterocycles. The molecule has 2 unspecified atom stereocenters. The summed E-state index contributed by atoms with van der Waals surface area (Å²) in [5.74, 6) is -0.294. The minimum absolute atomic E-state index is 0.171. The zero-order chi connectivity index (χ0) is 13.9. The van der Waals surface area contributed by atoms with E-state index in [1.807, 2.05) is 20.8 Å². The first kappa shape index (κ1) is 14.9. The van der Waals surface area contributed by atoms with E-state index in [1.54, 1.807) is 6.07 Å². The highest BCUT2D eigenvalue weighted by Gasteiger charge is 2.29. The van der Waals surface area contributed by atoms with E-state index >= 15 is 0 Å². The molecule has 1 aromatic carbocycles. The van der Waals surface area contributed by atoms with E-state index in [2.05, 4.69) is 0 Å². The van der Waals surface area contributed by atoms with Crippen molar-refractivity contribution in [3.05, 3.63) is 29.6 Å². The molecule has 4 heteroatoms. The summed E-state index contributed by atoms with van der Waals surface area (Å²) in [6.45, 7) is 5.53. The Labute approximate surface area is 107 Å². The average molecular weight is 256 g/mol. The van der Waals surface area contributed by atoms with Crippen LogP contribution in [0.1, 0.15) is 26.3 Å². The molecule has 0 radical (unpaired) electrons. The van der Waals surface area contributed by atoms with Gasteiger partial charge in [-0.15, -0.1) is 0 Å². The molecule has 102 valence electrons. The topological polar surface area (TPSA) is 49.7 Å². The molecule has 0 fully saturated rings. The number of methoxy groups -OCH3 is 1. The van der Waals surface area contributed by atoms with Gasteiger partial charge >= 0.3 is 0 Å². The van der Waals surface area contributed by atoms with Crippen molar-refractivity contribution in [3.8, 4) is 5.75 Å². The zero-order valence-corrected chi connectivity index (χ0v) is 11.3. The fourth-order valence-corrected chi connectivity index (χ4v) is 1.77. The summed E-state index contributed by atoms with van der Waals surface area (Å²) in [5, 5.41) is 19.8. The summed E-state index contributed by atoms with van der Waals surface area (Å²) >= 11 is 0. The van der Waals surface area contributed by atoms with Crippen LogP contribution in [0.2, 0.25) is 0 Å². The fourth-order valence-electron chi connectivity index (χ4n) is 1.77. The number of aliphatic hydroxyl groups excluding tert-OH is 2. The highest BCUT2D eigenvalue weighted by molar-refractivity contribution is 5.29. The molecule has 2 N–H and O–H groups in total. The molecule has 1 rings (SSSR count). The van der Waals surface area contributed by atoms with Gasteiger partial charge in [0.25, 0.3) is 0 Å². The molecule has 3 nitrogen and oxygen atoms in total. The standard InChI is InChI=1S/C14H21FO3/c1-14(2,3)13(17)11(16)8-9-5-6-12(18-4)10(15)7-9/h5-7,11,13,16-17H,8H2,1-4H3. The highest BCUT2D eigenvalue weighted by Crippen LogP contribution is 2.24. The van der Waals surface area contributed by atoms with Gasteiger partial charge in [0, 0.05) is 6.42 Å². The molecule has 0 aliphatic carbocycles. The first-order valence-corrected chi connectivity index (χ1v) is 5.94. The van der Waals surface area contributed by atoms with E-state index in [1.165, 1.54) is 19.2 Å². The van der Waals surface area contributed by atoms with Crippen molar-refractivity contribution in [1.82, 2.24) is 0 Å². The molecule has 0 saturated carbocycles. The molecule has 0 amide bonds. The minimum atomic E-state index is -0.919. The van der Waals surface area contributed by atoms with E-state index in [9.17, 15) is 14.6 Å². The molecule has 2 atom stereocenters. The smallest absolute Gasteiger partial charge is 0.165 e. The maximum absolute atomic E-state index is 13.5. The Bertz CT molecular complexity index is 399. The first-order valence-electron chi connectivity index (χ1n) is 5.94. The van der Waals surface area contributed by atoms with Crippen molar-refractivity contribution in [3.63, 3.8) is 0 Å². The van der Waals surface area contributed by atoms with Gasteiger partial charge in [0.2, 0.25) is 0 Å². The van der Waals surface area contributed by atoms with Gasteiger partial charge < -0.3 is 14.9 Å². The molecular formula is C14H21FO3. The molecule has 0 aliphatic rings.